The number of nitrogens with one attached hydrogen (secondary N) is 1. The van der Waals surface area contributed by atoms with Gasteiger partial charge in [-0.05, 0) is 24.6 Å². The van der Waals surface area contributed by atoms with E-state index in [2.05, 4.69) is 20.3 Å². The average Bonchev–Trinajstić information content (AvgIpc) is 3.11. The first kappa shape index (κ1) is 21.3. The molecule has 0 bridgehead atoms. The van der Waals surface area contributed by atoms with Crippen molar-refractivity contribution in [1.29, 1.82) is 0 Å². The summed E-state index contributed by atoms with van der Waals surface area (Å²) in [5, 5.41) is 10.5. The molecule has 2 aromatic rings. The average molecular weight is 459 g/mol. The number of aromatic nitrogens is 2. The molecule has 1 unspecified atom stereocenters. The summed E-state index contributed by atoms with van der Waals surface area (Å²) in [6.07, 6.45) is 0.0181. The van der Waals surface area contributed by atoms with E-state index in [4.69, 9.17) is 4.74 Å². The molecule has 0 saturated heterocycles. The minimum absolute atomic E-state index is 0.0737. The van der Waals surface area contributed by atoms with Gasteiger partial charge in [-0.2, -0.15) is 0 Å². The van der Waals surface area contributed by atoms with E-state index in [0.717, 1.165) is 39.2 Å². The molecule has 0 aliphatic carbocycles. The maximum atomic E-state index is 12.6. The molecule has 0 saturated carbocycles. The highest BCUT2D eigenvalue weighted by Crippen LogP contribution is 2.36. The zero-order chi connectivity index (χ0) is 21.2. The van der Waals surface area contributed by atoms with E-state index < -0.39 is 28.0 Å². The normalized spacial score (nSPS) is 16.0. The molecular formula is C16H18N4O6S3. The quantitative estimate of drug-likeness (QED) is 0.387. The molecule has 0 radical (unpaired) electrons. The van der Waals surface area contributed by atoms with Crippen LogP contribution in [0.15, 0.2) is 22.5 Å². The maximum Gasteiger partial charge on any atom is 0.316 e. The third-order valence-electron chi connectivity index (χ3n) is 3.85. The molecule has 10 nitrogen and oxygen atoms in total. The molecule has 13 heteroatoms. The lowest BCUT2D eigenvalue weighted by atomic mass is 10.1. The van der Waals surface area contributed by atoms with Gasteiger partial charge in [0, 0.05) is 0 Å². The van der Waals surface area contributed by atoms with E-state index >= 15 is 0 Å². The number of benzene rings is 1. The molecule has 2 heterocycles. The number of anilines is 2. The Morgan fingerprint density at radius 3 is 2.86 bits per heavy atom. The van der Waals surface area contributed by atoms with Crippen LogP contribution in [0.4, 0.5) is 10.8 Å². The Morgan fingerprint density at radius 1 is 1.41 bits per heavy atom. The summed E-state index contributed by atoms with van der Waals surface area (Å²) in [6, 6.07) is 5.10. The van der Waals surface area contributed by atoms with Gasteiger partial charge in [-0.15, -0.1) is 10.2 Å². The van der Waals surface area contributed by atoms with Gasteiger partial charge in [-0.25, -0.2) is 8.42 Å². The fourth-order valence-electron chi connectivity index (χ4n) is 2.50. The molecule has 156 valence electrons. The van der Waals surface area contributed by atoms with Crippen LogP contribution in [0, 0.1) is 6.92 Å². The van der Waals surface area contributed by atoms with Crippen LogP contribution in [-0.4, -0.2) is 62.3 Å². The first-order valence-electron chi connectivity index (χ1n) is 8.26. The maximum absolute atomic E-state index is 12.6. The van der Waals surface area contributed by atoms with Crippen molar-refractivity contribution < 1.29 is 27.5 Å². The van der Waals surface area contributed by atoms with E-state index in [0.29, 0.717) is 15.8 Å². The topological polar surface area (TPSA) is 128 Å². The summed E-state index contributed by atoms with van der Waals surface area (Å²) >= 11 is 2.22. The summed E-state index contributed by atoms with van der Waals surface area (Å²) in [7, 11) is -2.32. The molecule has 0 fully saturated rings. The highest BCUT2D eigenvalue weighted by atomic mass is 32.2. The standard InChI is InChI=1S/C16H18N4O6S3/c1-9-4-5-11-10(6-9)20(29(3,23)24)7-12(26-11)14(22)17-15-18-19-16(28-15)27-8-13(21)25-2/h4-6,12H,7-8H2,1-3H3,(H,17,18,22). The molecule has 3 rings (SSSR count). The Kier molecular flexibility index (Phi) is 6.29. The summed E-state index contributed by atoms with van der Waals surface area (Å²) in [4.78, 5) is 23.8. The Hall–Kier alpha value is -2.38. The highest BCUT2D eigenvalue weighted by molar-refractivity contribution is 8.01. The van der Waals surface area contributed by atoms with Crippen molar-refractivity contribution in [3.63, 3.8) is 0 Å². The third kappa shape index (κ3) is 5.16. The van der Waals surface area contributed by atoms with E-state index in [-0.39, 0.29) is 17.4 Å². The van der Waals surface area contributed by atoms with Gasteiger partial charge < -0.3 is 9.47 Å². The Labute approximate surface area is 175 Å². The first-order chi connectivity index (χ1) is 13.7. The number of methoxy groups -OCH3 is 1. The lowest BCUT2D eigenvalue weighted by Gasteiger charge is -2.34. The van der Waals surface area contributed by atoms with Crippen LogP contribution in [0.1, 0.15) is 5.56 Å². The van der Waals surface area contributed by atoms with Gasteiger partial charge in [-0.1, -0.05) is 29.2 Å². The van der Waals surface area contributed by atoms with Gasteiger partial charge in [0.2, 0.25) is 15.2 Å². The summed E-state index contributed by atoms with van der Waals surface area (Å²) in [6.45, 7) is 1.68. The highest BCUT2D eigenvalue weighted by Gasteiger charge is 2.35. The summed E-state index contributed by atoms with van der Waals surface area (Å²) < 4.78 is 36.3. The molecule has 1 aromatic carbocycles. The van der Waals surface area contributed by atoms with E-state index in [1.165, 1.54) is 7.11 Å². The van der Waals surface area contributed by atoms with E-state index in [1.807, 2.05) is 6.92 Å². The van der Waals surface area contributed by atoms with Crippen molar-refractivity contribution in [2.24, 2.45) is 0 Å². The number of sulfonamides is 1. The number of fused-ring (bicyclic) bond motifs is 1. The van der Waals surface area contributed by atoms with Crippen LogP contribution in [0.3, 0.4) is 0 Å². The van der Waals surface area contributed by atoms with E-state index in [1.54, 1.807) is 18.2 Å². The van der Waals surface area contributed by atoms with Gasteiger partial charge in [-0.3, -0.25) is 19.2 Å². The number of esters is 1. The number of nitrogens with zero attached hydrogens (tertiary/aromatic N) is 3. The number of thioether (sulfide) groups is 1. The molecule has 1 aliphatic heterocycles. The molecule has 29 heavy (non-hydrogen) atoms. The number of hydrogen-bond acceptors (Lipinski definition) is 10. The molecule has 1 aromatic heterocycles. The smallest absolute Gasteiger partial charge is 0.316 e. The Morgan fingerprint density at radius 2 is 2.17 bits per heavy atom. The lowest BCUT2D eigenvalue weighted by Crippen LogP contribution is -2.48. The second kappa shape index (κ2) is 8.55. The Bertz CT molecular complexity index is 1040. The minimum Gasteiger partial charge on any atom is -0.476 e. The van der Waals surface area contributed by atoms with Crippen molar-refractivity contribution in [3.05, 3.63) is 23.8 Å². The molecule has 0 spiro atoms. The predicted octanol–water partition coefficient (Wildman–Crippen LogP) is 1.28. The summed E-state index contributed by atoms with van der Waals surface area (Å²) in [5.74, 6) is -0.574. The van der Waals surface area contributed by atoms with Gasteiger partial charge in [0.15, 0.2) is 10.4 Å². The van der Waals surface area contributed by atoms with Crippen molar-refractivity contribution in [2.45, 2.75) is 17.4 Å². The minimum atomic E-state index is -3.61. The zero-order valence-corrected chi connectivity index (χ0v) is 18.2. The number of hydrogen-bond donors (Lipinski definition) is 1. The first-order valence-corrected chi connectivity index (χ1v) is 11.9. The second-order valence-corrected chi connectivity index (χ2v) is 10.2. The van der Waals surface area contributed by atoms with Crippen LogP contribution in [-0.2, 0) is 24.3 Å². The van der Waals surface area contributed by atoms with Gasteiger partial charge in [0.25, 0.3) is 5.91 Å². The number of rotatable bonds is 6. The number of amides is 1. The SMILES string of the molecule is COC(=O)CSc1nnc(NC(=O)C2CN(S(C)(=O)=O)c3cc(C)ccc3O2)s1. The molecule has 1 aliphatic rings. The van der Waals surface area contributed by atoms with Crippen LogP contribution in [0.25, 0.3) is 0 Å². The predicted molar refractivity (Wildman–Crippen MR) is 109 cm³/mol. The van der Waals surface area contributed by atoms with Crippen LogP contribution < -0.4 is 14.4 Å². The number of aryl methyl sites for hydroxylation is 1. The molecule has 1 N–H and O–H groups in total. The second-order valence-electron chi connectivity index (χ2n) is 6.10. The molecular weight excluding hydrogens is 440 g/mol. The zero-order valence-electron chi connectivity index (χ0n) is 15.7. The Balaban J connectivity index is 1.72. The van der Waals surface area contributed by atoms with Gasteiger partial charge >= 0.3 is 5.97 Å². The molecule has 1 amide bonds. The van der Waals surface area contributed by atoms with Gasteiger partial charge in [0.05, 0.1) is 31.4 Å². The fraction of sp³-hybridized carbons (Fsp3) is 0.375. The van der Waals surface area contributed by atoms with Crippen molar-refractivity contribution in [2.75, 3.05) is 35.3 Å². The molecule has 1 atom stereocenters. The summed E-state index contributed by atoms with van der Waals surface area (Å²) in [5.41, 5.74) is 1.27. The number of carbonyl (C=O) groups excluding carboxylic acids is 2. The van der Waals surface area contributed by atoms with Crippen LogP contribution in [0.2, 0.25) is 0 Å². The van der Waals surface area contributed by atoms with Crippen LogP contribution in [0.5, 0.6) is 5.75 Å². The van der Waals surface area contributed by atoms with Crippen molar-refractivity contribution in [1.82, 2.24) is 10.2 Å². The van der Waals surface area contributed by atoms with E-state index in [9.17, 15) is 18.0 Å². The third-order valence-corrected chi connectivity index (χ3v) is 6.95. The van der Waals surface area contributed by atoms with Gasteiger partial charge in [0.1, 0.15) is 5.75 Å². The monoisotopic (exact) mass is 458 g/mol. The van der Waals surface area contributed by atoms with Crippen molar-refractivity contribution in [3.8, 4) is 5.75 Å². The largest absolute Gasteiger partial charge is 0.476 e. The fourth-order valence-corrected chi connectivity index (χ4v) is 4.99. The van der Waals surface area contributed by atoms with Crippen molar-refractivity contribution >= 4 is 55.8 Å². The number of carbonyl (C=O) groups is 2. The van der Waals surface area contributed by atoms with Crippen LogP contribution >= 0.6 is 23.1 Å². The lowest BCUT2D eigenvalue weighted by molar-refractivity contribution is -0.137. The number of ether oxygens (including phenoxy) is 2.